The molecule has 0 aliphatic carbocycles. The summed E-state index contributed by atoms with van der Waals surface area (Å²) in [6.45, 7) is 4.56. The molecule has 0 aliphatic heterocycles. The first kappa shape index (κ1) is 35.4. The van der Waals surface area contributed by atoms with Crippen LogP contribution in [0, 0.1) is 6.92 Å². The molecule has 0 spiro atoms. The number of hydrogen-bond acceptors (Lipinski definition) is 8. The van der Waals surface area contributed by atoms with E-state index in [1.807, 2.05) is 61.7 Å². The summed E-state index contributed by atoms with van der Waals surface area (Å²) in [6.07, 6.45) is 3.67. The number of benzene rings is 4. The van der Waals surface area contributed by atoms with Crippen molar-refractivity contribution in [1.82, 2.24) is 19.1 Å². The molecule has 0 amide bonds. The summed E-state index contributed by atoms with van der Waals surface area (Å²) >= 11 is 0. The summed E-state index contributed by atoms with van der Waals surface area (Å²) in [5.74, 6) is 0. The van der Waals surface area contributed by atoms with Crippen molar-refractivity contribution in [3.8, 4) is 16.8 Å². The number of aromatic nitrogens is 4. The molecule has 1 N–H and O–H groups in total. The molecule has 0 saturated heterocycles. The first-order valence-corrected chi connectivity index (χ1v) is 17.8. The normalized spacial score (nSPS) is 11.5. The minimum Gasteiger partial charge on any atom is -0.383 e. The van der Waals surface area contributed by atoms with Gasteiger partial charge in [0.1, 0.15) is 0 Å². The topological polar surface area (TPSA) is 129 Å². The van der Waals surface area contributed by atoms with Gasteiger partial charge in [-0.3, -0.25) is 23.7 Å². The van der Waals surface area contributed by atoms with E-state index in [-0.39, 0.29) is 10.6 Å². The number of nitrogens with zero attached hydrogens (tertiary/aromatic N) is 5. The lowest BCUT2D eigenvalue weighted by atomic mass is 10.0. The van der Waals surface area contributed by atoms with Gasteiger partial charge in [-0.2, -0.15) is 8.42 Å². The van der Waals surface area contributed by atoms with Crippen LogP contribution in [-0.2, 0) is 26.6 Å². The number of para-hydroxylation sites is 1. The van der Waals surface area contributed by atoms with Crippen LogP contribution in [0.4, 0.5) is 5.69 Å². The molecule has 3 aromatic heterocycles. The Morgan fingerprint density at radius 2 is 1.45 bits per heavy atom. The second-order valence-electron chi connectivity index (χ2n) is 12.1. The number of anilines is 1. The van der Waals surface area contributed by atoms with Gasteiger partial charge in [-0.1, -0.05) is 42.0 Å². The molecule has 7 aromatic rings. The summed E-state index contributed by atoms with van der Waals surface area (Å²) in [7, 11) is 1.17. The highest BCUT2D eigenvalue weighted by Gasteiger charge is 2.18. The minimum absolute atomic E-state index is 0.0666. The third-order valence-electron chi connectivity index (χ3n) is 8.73. The number of fused-ring (bicyclic) bond motifs is 4. The Morgan fingerprint density at radius 3 is 2.12 bits per heavy atom. The average Bonchev–Trinajstić information content (AvgIpc) is 3.40. The molecule has 4 aromatic carbocycles. The highest BCUT2D eigenvalue weighted by molar-refractivity contribution is 7.85. The lowest BCUT2D eigenvalue weighted by molar-refractivity contribution is 0.190. The second kappa shape index (κ2) is 15.2. The van der Waals surface area contributed by atoms with Crippen LogP contribution in [0.5, 0.6) is 0 Å². The molecule has 3 heterocycles. The lowest BCUT2D eigenvalue weighted by Crippen LogP contribution is -2.30. The number of hydrogen-bond donors (Lipinski definition) is 1. The minimum atomic E-state index is -4.02. The van der Waals surface area contributed by atoms with Crippen LogP contribution in [-0.4, -0.2) is 72.6 Å². The van der Waals surface area contributed by atoms with E-state index in [0.29, 0.717) is 13.2 Å². The fraction of sp³-hybridized carbons (Fsp3) is 0.205. The van der Waals surface area contributed by atoms with Crippen molar-refractivity contribution in [2.45, 2.75) is 11.8 Å². The zero-order valence-corrected chi connectivity index (χ0v) is 29.7. The van der Waals surface area contributed by atoms with Crippen molar-refractivity contribution < 1.29 is 22.4 Å². The molecule has 0 fully saturated rings. The molecule has 0 saturated carbocycles. The van der Waals surface area contributed by atoms with Gasteiger partial charge < -0.3 is 14.4 Å². The molecule has 7 rings (SSSR count). The van der Waals surface area contributed by atoms with E-state index in [9.17, 15) is 13.2 Å². The number of pyridine rings is 2. The summed E-state index contributed by atoms with van der Waals surface area (Å²) in [5, 5.41) is 1.99. The third-order valence-corrected chi connectivity index (χ3v) is 9.60. The van der Waals surface area contributed by atoms with Gasteiger partial charge in [0.05, 0.1) is 52.1 Å². The monoisotopic (exact) mass is 705 g/mol. The van der Waals surface area contributed by atoms with Crippen molar-refractivity contribution in [2.75, 3.05) is 45.4 Å². The summed E-state index contributed by atoms with van der Waals surface area (Å²) in [6, 6.07) is 30.5. The smallest absolute Gasteiger partial charge is 0.333 e. The van der Waals surface area contributed by atoms with E-state index >= 15 is 0 Å². The fourth-order valence-electron chi connectivity index (χ4n) is 5.94. The summed E-state index contributed by atoms with van der Waals surface area (Å²) in [5.41, 5.74) is 8.10. The maximum atomic E-state index is 13.6. The first-order valence-electron chi connectivity index (χ1n) is 16.3. The number of ether oxygens (including phenoxy) is 2. The molecule has 11 nitrogen and oxygen atoms in total. The molecule has 0 atom stereocenters. The van der Waals surface area contributed by atoms with Gasteiger partial charge >= 0.3 is 5.69 Å². The Kier molecular flexibility index (Phi) is 10.6. The van der Waals surface area contributed by atoms with Crippen LogP contribution in [0.3, 0.4) is 0 Å². The molecule has 51 heavy (non-hydrogen) atoms. The van der Waals surface area contributed by atoms with E-state index in [4.69, 9.17) is 14.0 Å². The Bertz CT molecular complexity index is 2470. The highest BCUT2D eigenvalue weighted by Crippen LogP contribution is 2.31. The Balaban J connectivity index is 0.000000349. The molecular weight excluding hydrogens is 667 g/mol. The van der Waals surface area contributed by atoms with Crippen molar-refractivity contribution in [3.05, 3.63) is 126 Å². The maximum absolute atomic E-state index is 13.6. The van der Waals surface area contributed by atoms with Gasteiger partial charge in [-0.05, 0) is 73.2 Å². The molecule has 262 valence electrons. The maximum Gasteiger partial charge on any atom is 0.333 e. The number of methoxy groups -OCH3 is 2. The first-order chi connectivity index (χ1) is 24.6. The summed E-state index contributed by atoms with van der Waals surface area (Å²) < 4.78 is 43.6. The molecule has 0 bridgehead atoms. The Labute approximate surface area is 296 Å². The molecular formula is C39H39N5O6S. The highest BCUT2D eigenvalue weighted by atomic mass is 32.2. The second-order valence-corrected chi connectivity index (χ2v) is 13.5. The number of aryl methyl sites for hydroxylation is 2. The van der Waals surface area contributed by atoms with Gasteiger partial charge in [-0.15, -0.1) is 0 Å². The Morgan fingerprint density at radius 1 is 0.784 bits per heavy atom. The molecule has 12 heteroatoms. The largest absolute Gasteiger partial charge is 0.383 e. The predicted molar refractivity (Wildman–Crippen MR) is 202 cm³/mol. The molecule has 0 radical (unpaired) electrons. The predicted octanol–water partition coefficient (Wildman–Crippen LogP) is 6.43. The van der Waals surface area contributed by atoms with Crippen molar-refractivity contribution in [3.63, 3.8) is 0 Å². The molecule has 0 unspecified atom stereocenters. The van der Waals surface area contributed by atoms with Crippen LogP contribution >= 0.6 is 0 Å². The standard InChI is InChI=1S/C32H31N5O3.C7H8O3S/c1-35-30-21-34-29-13-8-22(24-18-23-6-4-5-7-28(23)33-20-24)19-27(29)31(30)37(32(35)38)26-11-9-25(10-12-26)36(14-16-39-2)15-17-40-3;1-6-2-4-7(5-3-6)11(8,9)10/h4-13,18-21H,14-17H2,1-3H3;2-5H,1H3,(H,8,9,10). The number of rotatable bonds is 10. The zero-order valence-electron chi connectivity index (χ0n) is 28.9. The van der Waals surface area contributed by atoms with Gasteiger partial charge in [0.2, 0.25) is 0 Å². The van der Waals surface area contributed by atoms with Crippen molar-refractivity contribution in [1.29, 1.82) is 0 Å². The lowest BCUT2D eigenvalue weighted by Gasteiger charge is -2.24. The average molecular weight is 706 g/mol. The van der Waals surface area contributed by atoms with Crippen LogP contribution in [0.2, 0.25) is 0 Å². The van der Waals surface area contributed by atoms with Crippen LogP contribution in [0.1, 0.15) is 5.56 Å². The zero-order chi connectivity index (χ0) is 36.1. The van der Waals surface area contributed by atoms with Gasteiger partial charge in [0.25, 0.3) is 10.1 Å². The van der Waals surface area contributed by atoms with Crippen molar-refractivity contribution in [2.24, 2.45) is 7.05 Å². The number of imidazole rings is 1. The van der Waals surface area contributed by atoms with E-state index < -0.39 is 10.1 Å². The van der Waals surface area contributed by atoms with Gasteiger partial charge in [0.15, 0.2) is 0 Å². The van der Waals surface area contributed by atoms with Gasteiger partial charge in [-0.25, -0.2) is 4.79 Å². The fourth-order valence-corrected chi connectivity index (χ4v) is 6.42. The van der Waals surface area contributed by atoms with Crippen LogP contribution < -0.4 is 10.6 Å². The summed E-state index contributed by atoms with van der Waals surface area (Å²) in [4.78, 5) is 25.1. The van der Waals surface area contributed by atoms with Crippen molar-refractivity contribution >= 4 is 48.6 Å². The quantitative estimate of drug-likeness (QED) is 0.160. The third kappa shape index (κ3) is 7.69. The van der Waals surface area contributed by atoms with E-state index in [2.05, 4.69) is 39.1 Å². The van der Waals surface area contributed by atoms with Crippen LogP contribution in [0.25, 0.3) is 49.7 Å². The molecule has 0 aliphatic rings. The van der Waals surface area contributed by atoms with E-state index in [1.165, 1.54) is 12.1 Å². The van der Waals surface area contributed by atoms with E-state index in [1.54, 1.807) is 48.7 Å². The van der Waals surface area contributed by atoms with E-state index in [0.717, 1.165) is 74.0 Å². The Hall–Kier alpha value is -5.40. The SMILES string of the molecule is COCCN(CCOC)c1ccc(-n2c(=O)n(C)c3cnc4ccc(-c5cnc6ccccc6c5)cc4c32)cc1.Cc1ccc(S(=O)(=O)O)cc1. The van der Waals surface area contributed by atoms with Crippen LogP contribution in [0.15, 0.2) is 119 Å². The van der Waals surface area contributed by atoms with Gasteiger partial charge in [0, 0.05) is 62.6 Å².